The predicted octanol–water partition coefficient (Wildman–Crippen LogP) is 0.786. The van der Waals surface area contributed by atoms with Crippen LogP contribution in [0, 0.1) is 0 Å². The molecule has 5 heteroatoms. The topological polar surface area (TPSA) is 59.8 Å². The monoisotopic (exact) mass is 277 g/mol. The Kier molecular flexibility index (Phi) is 3.81. The second-order valence-corrected chi connectivity index (χ2v) is 5.82. The number of rotatable bonds is 3. The zero-order valence-corrected chi connectivity index (χ0v) is 12.0. The van der Waals surface area contributed by atoms with Crippen molar-refractivity contribution >= 4 is 11.6 Å². The standard InChI is InChI=1S/C15H23N3O2/c1-2-11-7-14(17-5-3-12(19)9-17)16-15(8-11)18-6-4-13(20)10-18/h7-8,12-13,19-20H,2-6,9-10H2,1H3. The average molecular weight is 277 g/mol. The zero-order chi connectivity index (χ0) is 14.1. The first-order valence-electron chi connectivity index (χ1n) is 7.52. The molecule has 5 nitrogen and oxygen atoms in total. The van der Waals surface area contributed by atoms with Gasteiger partial charge in [0.05, 0.1) is 12.2 Å². The van der Waals surface area contributed by atoms with E-state index in [1.807, 2.05) is 0 Å². The molecule has 1 aromatic rings. The molecule has 0 spiro atoms. The summed E-state index contributed by atoms with van der Waals surface area (Å²) in [6.45, 7) is 5.21. The van der Waals surface area contributed by atoms with E-state index in [2.05, 4.69) is 28.9 Å². The molecule has 2 saturated heterocycles. The molecule has 2 unspecified atom stereocenters. The average Bonchev–Trinajstić information content (AvgIpc) is 3.07. The Morgan fingerprint density at radius 2 is 1.55 bits per heavy atom. The predicted molar refractivity (Wildman–Crippen MR) is 79.3 cm³/mol. The number of aryl methyl sites for hydroxylation is 1. The van der Waals surface area contributed by atoms with Crippen molar-refractivity contribution in [3.63, 3.8) is 0 Å². The van der Waals surface area contributed by atoms with Gasteiger partial charge in [0.15, 0.2) is 0 Å². The molecule has 0 radical (unpaired) electrons. The Balaban J connectivity index is 1.86. The van der Waals surface area contributed by atoms with Gasteiger partial charge in [-0.3, -0.25) is 0 Å². The van der Waals surface area contributed by atoms with Gasteiger partial charge in [0.1, 0.15) is 11.6 Å². The van der Waals surface area contributed by atoms with Crippen molar-refractivity contribution in [2.24, 2.45) is 0 Å². The summed E-state index contributed by atoms with van der Waals surface area (Å²) in [5.41, 5.74) is 1.26. The van der Waals surface area contributed by atoms with E-state index in [4.69, 9.17) is 4.98 Å². The lowest BCUT2D eigenvalue weighted by Gasteiger charge is -2.22. The van der Waals surface area contributed by atoms with Crippen molar-refractivity contribution in [1.82, 2.24) is 4.98 Å². The van der Waals surface area contributed by atoms with Crippen LogP contribution in [0.4, 0.5) is 11.6 Å². The van der Waals surface area contributed by atoms with E-state index >= 15 is 0 Å². The van der Waals surface area contributed by atoms with Crippen LogP contribution in [0.15, 0.2) is 12.1 Å². The molecule has 3 heterocycles. The second-order valence-electron chi connectivity index (χ2n) is 5.82. The largest absolute Gasteiger partial charge is 0.391 e. The fourth-order valence-electron chi connectivity index (χ4n) is 2.98. The highest BCUT2D eigenvalue weighted by molar-refractivity contribution is 5.53. The molecule has 0 aromatic carbocycles. The SMILES string of the molecule is CCc1cc(N2CCC(O)C2)nc(N2CCC(O)C2)c1. The molecule has 0 amide bonds. The summed E-state index contributed by atoms with van der Waals surface area (Å²) in [5, 5.41) is 19.4. The lowest BCUT2D eigenvalue weighted by Crippen LogP contribution is -2.26. The Morgan fingerprint density at radius 3 is 1.90 bits per heavy atom. The van der Waals surface area contributed by atoms with Crippen LogP contribution in [0.3, 0.4) is 0 Å². The summed E-state index contributed by atoms with van der Waals surface area (Å²) >= 11 is 0. The Bertz CT molecular complexity index is 442. The van der Waals surface area contributed by atoms with Gasteiger partial charge in [0.25, 0.3) is 0 Å². The van der Waals surface area contributed by atoms with Crippen molar-refractivity contribution in [1.29, 1.82) is 0 Å². The van der Waals surface area contributed by atoms with Crippen molar-refractivity contribution in [3.05, 3.63) is 17.7 Å². The van der Waals surface area contributed by atoms with Crippen molar-refractivity contribution in [2.75, 3.05) is 36.0 Å². The number of aromatic nitrogens is 1. The number of anilines is 2. The van der Waals surface area contributed by atoms with E-state index < -0.39 is 0 Å². The summed E-state index contributed by atoms with van der Waals surface area (Å²) < 4.78 is 0. The Labute approximate surface area is 119 Å². The summed E-state index contributed by atoms with van der Waals surface area (Å²) in [7, 11) is 0. The molecule has 0 aliphatic carbocycles. The van der Waals surface area contributed by atoms with Gasteiger partial charge < -0.3 is 20.0 Å². The van der Waals surface area contributed by atoms with Crippen LogP contribution in [-0.4, -0.2) is 53.6 Å². The highest BCUT2D eigenvalue weighted by atomic mass is 16.3. The third-order valence-corrected chi connectivity index (χ3v) is 4.24. The number of pyridine rings is 1. The maximum Gasteiger partial charge on any atom is 0.131 e. The molecule has 1 aromatic heterocycles. The Hall–Kier alpha value is -1.33. The minimum absolute atomic E-state index is 0.237. The molecule has 0 saturated carbocycles. The van der Waals surface area contributed by atoms with Crippen molar-refractivity contribution in [2.45, 2.75) is 38.4 Å². The highest BCUT2D eigenvalue weighted by Gasteiger charge is 2.25. The van der Waals surface area contributed by atoms with E-state index in [9.17, 15) is 10.2 Å². The minimum Gasteiger partial charge on any atom is -0.391 e. The van der Waals surface area contributed by atoms with Crippen LogP contribution >= 0.6 is 0 Å². The third kappa shape index (κ3) is 2.74. The summed E-state index contributed by atoms with van der Waals surface area (Å²) in [6.07, 6.45) is 2.12. The summed E-state index contributed by atoms with van der Waals surface area (Å²) in [6, 6.07) is 4.24. The molecule has 2 fully saturated rings. The zero-order valence-electron chi connectivity index (χ0n) is 12.0. The maximum atomic E-state index is 9.69. The number of hydrogen-bond acceptors (Lipinski definition) is 5. The molecular weight excluding hydrogens is 254 g/mol. The van der Waals surface area contributed by atoms with Gasteiger partial charge in [-0.15, -0.1) is 0 Å². The molecule has 110 valence electrons. The van der Waals surface area contributed by atoms with Crippen LogP contribution in [0.5, 0.6) is 0 Å². The number of nitrogens with zero attached hydrogens (tertiary/aromatic N) is 3. The van der Waals surface area contributed by atoms with E-state index in [1.165, 1.54) is 5.56 Å². The van der Waals surface area contributed by atoms with Crippen LogP contribution < -0.4 is 9.80 Å². The smallest absolute Gasteiger partial charge is 0.131 e. The lowest BCUT2D eigenvalue weighted by atomic mass is 10.2. The Morgan fingerprint density at radius 1 is 1.05 bits per heavy atom. The van der Waals surface area contributed by atoms with Gasteiger partial charge in [-0.25, -0.2) is 4.98 Å². The summed E-state index contributed by atoms with van der Waals surface area (Å²) in [4.78, 5) is 9.05. The molecular formula is C15H23N3O2. The third-order valence-electron chi connectivity index (χ3n) is 4.24. The van der Waals surface area contributed by atoms with Crippen LogP contribution in [0.25, 0.3) is 0 Å². The lowest BCUT2D eigenvalue weighted by molar-refractivity contribution is 0.198. The maximum absolute atomic E-state index is 9.69. The molecule has 2 aliphatic heterocycles. The van der Waals surface area contributed by atoms with Gasteiger partial charge in [-0.05, 0) is 37.0 Å². The first-order valence-corrected chi connectivity index (χ1v) is 7.52. The van der Waals surface area contributed by atoms with Crippen molar-refractivity contribution in [3.8, 4) is 0 Å². The van der Waals surface area contributed by atoms with Crippen LogP contribution in [-0.2, 0) is 6.42 Å². The van der Waals surface area contributed by atoms with E-state index in [-0.39, 0.29) is 12.2 Å². The molecule has 3 rings (SSSR count). The van der Waals surface area contributed by atoms with E-state index in [0.29, 0.717) is 13.1 Å². The van der Waals surface area contributed by atoms with Crippen LogP contribution in [0.1, 0.15) is 25.3 Å². The number of aliphatic hydroxyl groups is 2. The van der Waals surface area contributed by atoms with E-state index in [0.717, 1.165) is 44.0 Å². The quantitative estimate of drug-likeness (QED) is 0.855. The molecule has 2 atom stereocenters. The van der Waals surface area contributed by atoms with Gasteiger partial charge in [-0.2, -0.15) is 0 Å². The number of β-amino-alcohol motifs (C(OH)–C–C–N with tert-alkyl or cyclic N) is 2. The van der Waals surface area contributed by atoms with Gasteiger partial charge in [0.2, 0.25) is 0 Å². The fourth-order valence-corrected chi connectivity index (χ4v) is 2.98. The number of hydrogen-bond donors (Lipinski definition) is 2. The normalized spacial score (nSPS) is 26.6. The first-order chi connectivity index (χ1) is 9.65. The second kappa shape index (κ2) is 5.58. The minimum atomic E-state index is -0.237. The molecule has 2 aliphatic rings. The van der Waals surface area contributed by atoms with Gasteiger partial charge in [-0.1, -0.05) is 6.92 Å². The van der Waals surface area contributed by atoms with E-state index in [1.54, 1.807) is 0 Å². The first kappa shape index (κ1) is 13.6. The van der Waals surface area contributed by atoms with Gasteiger partial charge in [0, 0.05) is 26.2 Å². The molecule has 2 N–H and O–H groups in total. The highest BCUT2D eigenvalue weighted by Crippen LogP contribution is 2.26. The fraction of sp³-hybridized carbons (Fsp3) is 0.667. The van der Waals surface area contributed by atoms with Crippen LogP contribution in [0.2, 0.25) is 0 Å². The molecule has 20 heavy (non-hydrogen) atoms. The summed E-state index contributed by atoms with van der Waals surface area (Å²) in [5.74, 6) is 1.91. The van der Waals surface area contributed by atoms with Crippen molar-refractivity contribution < 1.29 is 10.2 Å². The number of aliphatic hydroxyl groups excluding tert-OH is 2. The molecule has 0 bridgehead atoms. The van der Waals surface area contributed by atoms with Gasteiger partial charge >= 0.3 is 0 Å².